The van der Waals surface area contributed by atoms with Gasteiger partial charge in [-0.25, -0.2) is 14.4 Å². The SMILES string of the molecule is O=C(c1c(F)cccc1-n1nccn1)N1C2CCC1C(Oc1ncc(C(F)(F)F)cn1)C2. The molecule has 12 heteroatoms. The maximum Gasteiger partial charge on any atom is 0.419 e. The van der Waals surface area contributed by atoms with Crippen LogP contribution in [0.2, 0.25) is 0 Å². The molecule has 0 radical (unpaired) electrons. The van der Waals surface area contributed by atoms with Crippen LogP contribution in [0.15, 0.2) is 43.0 Å². The van der Waals surface area contributed by atoms with Crippen LogP contribution in [0.1, 0.15) is 35.2 Å². The van der Waals surface area contributed by atoms with E-state index in [0.29, 0.717) is 31.7 Å². The number of hydrogen-bond acceptors (Lipinski definition) is 6. The molecule has 32 heavy (non-hydrogen) atoms. The van der Waals surface area contributed by atoms with Gasteiger partial charge in [-0.05, 0) is 25.0 Å². The molecule has 2 aromatic heterocycles. The van der Waals surface area contributed by atoms with E-state index in [-0.39, 0.29) is 29.3 Å². The largest absolute Gasteiger partial charge is 0.458 e. The van der Waals surface area contributed by atoms with Crippen LogP contribution in [-0.4, -0.2) is 54.0 Å². The lowest BCUT2D eigenvalue weighted by atomic mass is 9.98. The van der Waals surface area contributed by atoms with E-state index in [2.05, 4.69) is 20.2 Å². The van der Waals surface area contributed by atoms with Crippen molar-refractivity contribution in [2.75, 3.05) is 0 Å². The van der Waals surface area contributed by atoms with Gasteiger partial charge in [0.05, 0.1) is 24.0 Å². The van der Waals surface area contributed by atoms with Crippen molar-refractivity contribution in [1.82, 2.24) is 29.9 Å². The summed E-state index contributed by atoms with van der Waals surface area (Å²) < 4.78 is 58.6. The number of benzene rings is 1. The molecular formula is C20H16F4N6O2. The molecule has 3 atom stereocenters. The lowest BCUT2D eigenvalue weighted by Crippen LogP contribution is -2.40. The molecule has 5 rings (SSSR count). The summed E-state index contributed by atoms with van der Waals surface area (Å²) in [6, 6.07) is 3.45. The number of carbonyl (C=O) groups is 1. The van der Waals surface area contributed by atoms with Gasteiger partial charge in [-0.2, -0.15) is 28.2 Å². The van der Waals surface area contributed by atoms with Gasteiger partial charge in [-0.1, -0.05) is 6.07 Å². The topological polar surface area (TPSA) is 86.0 Å². The van der Waals surface area contributed by atoms with Crippen molar-refractivity contribution in [2.45, 2.75) is 43.6 Å². The van der Waals surface area contributed by atoms with Crippen LogP contribution in [0.25, 0.3) is 5.69 Å². The van der Waals surface area contributed by atoms with Gasteiger partial charge in [0.1, 0.15) is 23.2 Å². The van der Waals surface area contributed by atoms with Crippen LogP contribution in [0.4, 0.5) is 17.6 Å². The Labute approximate surface area is 178 Å². The monoisotopic (exact) mass is 448 g/mol. The van der Waals surface area contributed by atoms with Gasteiger partial charge < -0.3 is 9.64 Å². The molecule has 4 heterocycles. The Bertz CT molecular complexity index is 1140. The molecule has 0 saturated carbocycles. The van der Waals surface area contributed by atoms with Crippen LogP contribution in [0.3, 0.4) is 0 Å². The van der Waals surface area contributed by atoms with Crippen LogP contribution in [0, 0.1) is 5.82 Å². The molecule has 2 aliphatic rings. The number of halogens is 4. The molecule has 3 aromatic rings. The Morgan fingerprint density at radius 2 is 1.81 bits per heavy atom. The van der Waals surface area contributed by atoms with Gasteiger partial charge >= 0.3 is 12.2 Å². The molecule has 1 aromatic carbocycles. The number of carbonyl (C=O) groups excluding carboxylic acids is 1. The van der Waals surface area contributed by atoms with Crippen molar-refractivity contribution in [3.05, 3.63) is 59.9 Å². The Morgan fingerprint density at radius 3 is 2.50 bits per heavy atom. The van der Waals surface area contributed by atoms with Gasteiger partial charge in [-0.15, -0.1) is 0 Å². The molecule has 0 N–H and O–H groups in total. The highest BCUT2D eigenvalue weighted by Crippen LogP contribution is 2.41. The zero-order valence-corrected chi connectivity index (χ0v) is 16.4. The highest BCUT2D eigenvalue weighted by Gasteiger charge is 2.51. The van der Waals surface area contributed by atoms with E-state index in [9.17, 15) is 22.4 Å². The molecule has 2 fully saturated rings. The van der Waals surface area contributed by atoms with E-state index in [1.807, 2.05) is 0 Å². The molecule has 0 aliphatic carbocycles. The van der Waals surface area contributed by atoms with Crippen molar-refractivity contribution in [3.8, 4) is 11.7 Å². The zero-order chi connectivity index (χ0) is 22.5. The highest BCUT2D eigenvalue weighted by atomic mass is 19.4. The summed E-state index contributed by atoms with van der Waals surface area (Å²) in [4.78, 5) is 23.5. The van der Waals surface area contributed by atoms with Crippen molar-refractivity contribution < 1.29 is 27.1 Å². The first-order valence-corrected chi connectivity index (χ1v) is 9.86. The summed E-state index contributed by atoms with van der Waals surface area (Å²) >= 11 is 0. The quantitative estimate of drug-likeness (QED) is 0.571. The third-order valence-corrected chi connectivity index (χ3v) is 5.77. The van der Waals surface area contributed by atoms with E-state index in [4.69, 9.17) is 4.74 Å². The van der Waals surface area contributed by atoms with Crippen molar-refractivity contribution in [3.63, 3.8) is 0 Å². The average molecular weight is 448 g/mol. The fourth-order valence-corrected chi connectivity index (χ4v) is 4.40. The van der Waals surface area contributed by atoms with Gasteiger partial charge in [0.25, 0.3) is 5.91 Å². The second-order valence-corrected chi connectivity index (χ2v) is 7.61. The number of hydrogen-bond donors (Lipinski definition) is 0. The third kappa shape index (κ3) is 3.45. The summed E-state index contributed by atoms with van der Waals surface area (Å²) in [5.74, 6) is -1.21. The van der Waals surface area contributed by atoms with E-state index < -0.39 is 29.6 Å². The minimum atomic E-state index is -4.55. The third-order valence-electron chi connectivity index (χ3n) is 5.77. The summed E-state index contributed by atoms with van der Waals surface area (Å²) in [6.45, 7) is 0. The van der Waals surface area contributed by atoms with E-state index in [0.717, 1.165) is 0 Å². The summed E-state index contributed by atoms with van der Waals surface area (Å²) in [5, 5.41) is 7.99. The standard InChI is InChI=1S/C20H16F4N6O2/c21-13-2-1-3-15(30-27-6-7-28-30)17(13)18(31)29-12-4-5-14(29)16(8-12)32-19-25-9-11(10-26-19)20(22,23)24/h1-3,6-7,9-10,12,14,16H,4-5,8H2. The lowest BCUT2D eigenvalue weighted by molar-refractivity contribution is -0.138. The fraction of sp³-hybridized carbons (Fsp3) is 0.350. The second kappa shape index (κ2) is 7.53. The van der Waals surface area contributed by atoms with Crippen LogP contribution in [0.5, 0.6) is 6.01 Å². The Morgan fingerprint density at radius 1 is 1.09 bits per heavy atom. The van der Waals surface area contributed by atoms with Gasteiger partial charge in [-0.3, -0.25) is 4.79 Å². The first kappa shape index (κ1) is 20.3. The number of ether oxygens (including phenoxy) is 1. The van der Waals surface area contributed by atoms with E-state index in [1.54, 1.807) is 11.0 Å². The smallest absolute Gasteiger partial charge is 0.419 e. The van der Waals surface area contributed by atoms with Crippen LogP contribution < -0.4 is 4.74 Å². The van der Waals surface area contributed by atoms with E-state index in [1.165, 1.54) is 29.3 Å². The Kier molecular flexibility index (Phi) is 4.79. The number of aromatic nitrogens is 5. The lowest BCUT2D eigenvalue weighted by Gasteiger charge is -2.25. The molecular weight excluding hydrogens is 432 g/mol. The normalized spacial score (nSPS) is 22.4. The molecule has 1 amide bonds. The minimum Gasteiger partial charge on any atom is -0.458 e. The van der Waals surface area contributed by atoms with Gasteiger partial charge in [0.2, 0.25) is 0 Å². The summed E-state index contributed by atoms with van der Waals surface area (Å²) in [7, 11) is 0. The number of fused-ring (bicyclic) bond motifs is 2. The summed E-state index contributed by atoms with van der Waals surface area (Å²) in [5.41, 5.74) is -0.907. The maximum absolute atomic E-state index is 14.7. The van der Waals surface area contributed by atoms with Gasteiger partial charge in [0.15, 0.2) is 0 Å². The first-order valence-electron chi connectivity index (χ1n) is 9.86. The molecule has 166 valence electrons. The number of amides is 1. The number of alkyl halides is 3. The maximum atomic E-state index is 14.7. The predicted molar refractivity (Wildman–Crippen MR) is 100 cm³/mol. The number of nitrogens with zero attached hydrogens (tertiary/aromatic N) is 6. The first-order chi connectivity index (χ1) is 15.3. The zero-order valence-electron chi connectivity index (χ0n) is 16.4. The van der Waals surface area contributed by atoms with Gasteiger partial charge in [0, 0.05) is 24.9 Å². The molecule has 2 bridgehead atoms. The van der Waals surface area contributed by atoms with Crippen molar-refractivity contribution in [2.24, 2.45) is 0 Å². The van der Waals surface area contributed by atoms with Crippen LogP contribution >= 0.6 is 0 Å². The Hall–Kier alpha value is -3.57. The predicted octanol–water partition coefficient (Wildman–Crippen LogP) is 3.04. The molecule has 8 nitrogen and oxygen atoms in total. The molecule has 2 aliphatic heterocycles. The van der Waals surface area contributed by atoms with Crippen molar-refractivity contribution >= 4 is 5.91 Å². The van der Waals surface area contributed by atoms with Crippen LogP contribution in [-0.2, 0) is 6.18 Å². The van der Waals surface area contributed by atoms with E-state index >= 15 is 0 Å². The number of rotatable bonds is 4. The molecule has 2 saturated heterocycles. The summed E-state index contributed by atoms with van der Waals surface area (Å²) in [6.07, 6.45) is 0.883. The Balaban J connectivity index is 1.39. The van der Waals surface area contributed by atoms with Crippen molar-refractivity contribution in [1.29, 1.82) is 0 Å². The fourth-order valence-electron chi connectivity index (χ4n) is 4.40. The highest BCUT2D eigenvalue weighted by molar-refractivity contribution is 5.98. The average Bonchev–Trinajstić information content (AvgIpc) is 3.49. The second-order valence-electron chi connectivity index (χ2n) is 7.61. The minimum absolute atomic E-state index is 0.146. The molecule has 0 spiro atoms. The molecule has 3 unspecified atom stereocenters.